The predicted molar refractivity (Wildman–Crippen MR) is 155 cm³/mol. The Balaban J connectivity index is 1.30. The van der Waals surface area contributed by atoms with Crippen LogP contribution in [0.3, 0.4) is 0 Å². The van der Waals surface area contributed by atoms with Gasteiger partial charge in [0.25, 0.3) is 5.91 Å². The van der Waals surface area contributed by atoms with Gasteiger partial charge in [0.1, 0.15) is 17.7 Å². The van der Waals surface area contributed by atoms with Crippen molar-refractivity contribution < 1.29 is 23.5 Å². The van der Waals surface area contributed by atoms with Crippen LogP contribution in [0.25, 0.3) is 28.3 Å². The molecule has 1 amide bonds. The molecule has 4 atom stereocenters. The number of hydrogen-bond acceptors (Lipinski definition) is 5. The lowest BCUT2D eigenvalue weighted by Crippen LogP contribution is -2.40. The second kappa shape index (κ2) is 10.1. The second-order valence-corrected chi connectivity index (χ2v) is 11.3. The maximum atomic E-state index is 15.4. The quantitative estimate of drug-likeness (QED) is 0.262. The van der Waals surface area contributed by atoms with Gasteiger partial charge in [-0.05, 0) is 72.7 Å². The summed E-state index contributed by atoms with van der Waals surface area (Å²) >= 11 is 0. The number of hydrogen-bond donors (Lipinski definition) is 1. The van der Waals surface area contributed by atoms with Crippen molar-refractivity contribution in [2.24, 2.45) is 5.92 Å². The van der Waals surface area contributed by atoms with Gasteiger partial charge in [-0.15, -0.1) is 0 Å². The van der Waals surface area contributed by atoms with Crippen LogP contribution in [-0.2, 0) is 4.79 Å². The fourth-order valence-corrected chi connectivity index (χ4v) is 6.00. The summed E-state index contributed by atoms with van der Waals surface area (Å²) in [6.07, 6.45) is 0.860. The molecule has 4 heterocycles. The molecule has 2 aliphatic rings. The van der Waals surface area contributed by atoms with E-state index in [9.17, 15) is 14.7 Å². The van der Waals surface area contributed by atoms with E-state index in [0.29, 0.717) is 40.3 Å². The SMILES string of the molecule is Cc1ccc(-c2cc(C(=O)N3CC(F)c4ccccc4[C@H]3C)nc3cc(-c4ccc([C@H]5C[C@@H]5C(=O)O)cc4F)nn23)nc1. The third-order valence-electron chi connectivity index (χ3n) is 8.49. The molecule has 5 aromatic rings. The molecular weight excluding hydrogens is 552 g/mol. The van der Waals surface area contributed by atoms with Crippen LogP contribution in [0.15, 0.2) is 72.9 Å². The molecule has 1 fully saturated rings. The van der Waals surface area contributed by atoms with Crippen LogP contribution in [0.2, 0.25) is 0 Å². The Labute approximate surface area is 245 Å². The highest BCUT2D eigenvalue weighted by Crippen LogP contribution is 2.48. The van der Waals surface area contributed by atoms with E-state index < -0.39 is 29.8 Å². The number of fused-ring (bicyclic) bond motifs is 2. The van der Waals surface area contributed by atoms with Crippen LogP contribution in [0, 0.1) is 18.7 Å². The number of carbonyl (C=O) groups excluding carboxylic acids is 1. The average Bonchev–Trinajstić information content (AvgIpc) is 3.71. The minimum absolute atomic E-state index is 0.0963. The summed E-state index contributed by atoms with van der Waals surface area (Å²) < 4.78 is 32.1. The number of pyridine rings is 1. The van der Waals surface area contributed by atoms with Crippen molar-refractivity contribution in [2.45, 2.75) is 38.4 Å². The van der Waals surface area contributed by atoms with E-state index in [4.69, 9.17) is 0 Å². The van der Waals surface area contributed by atoms with Gasteiger partial charge in [0.05, 0.1) is 35.6 Å². The van der Waals surface area contributed by atoms with Gasteiger partial charge < -0.3 is 10.0 Å². The molecule has 1 saturated carbocycles. The Bertz CT molecular complexity index is 1920. The molecule has 3 aromatic heterocycles. The number of alkyl halides is 1. The number of carboxylic acid groups (broad SMARTS) is 1. The zero-order valence-corrected chi connectivity index (χ0v) is 23.4. The first kappa shape index (κ1) is 26.9. The molecule has 0 radical (unpaired) electrons. The number of amides is 1. The second-order valence-electron chi connectivity index (χ2n) is 11.3. The minimum atomic E-state index is -1.33. The molecule has 1 aliphatic heterocycles. The molecule has 1 aliphatic carbocycles. The smallest absolute Gasteiger partial charge is 0.307 e. The molecule has 43 heavy (non-hydrogen) atoms. The van der Waals surface area contributed by atoms with E-state index >= 15 is 8.78 Å². The number of benzene rings is 2. The van der Waals surface area contributed by atoms with Gasteiger partial charge in [-0.2, -0.15) is 5.10 Å². The molecular formula is C33H27F2N5O3. The molecule has 0 bridgehead atoms. The van der Waals surface area contributed by atoms with Crippen molar-refractivity contribution in [1.82, 2.24) is 24.5 Å². The first-order chi connectivity index (χ1) is 20.7. The van der Waals surface area contributed by atoms with Crippen molar-refractivity contribution in [1.29, 1.82) is 0 Å². The zero-order chi connectivity index (χ0) is 30.0. The fourth-order valence-electron chi connectivity index (χ4n) is 6.00. The third kappa shape index (κ3) is 4.63. The number of nitrogens with zero attached hydrogens (tertiary/aromatic N) is 5. The van der Waals surface area contributed by atoms with Gasteiger partial charge in [-0.25, -0.2) is 18.3 Å². The van der Waals surface area contributed by atoms with E-state index in [1.807, 2.05) is 32.0 Å². The largest absolute Gasteiger partial charge is 0.481 e. The van der Waals surface area contributed by atoms with Crippen molar-refractivity contribution in [3.8, 4) is 22.6 Å². The molecule has 1 unspecified atom stereocenters. The normalized spacial score (nSPS) is 21.1. The van der Waals surface area contributed by atoms with Gasteiger partial charge in [-0.3, -0.25) is 14.6 Å². The molecule has 1 N–H and O–H groups in total. The van der Waals surface area contributed by atoms with Crippen LogP contribution in [-0.4, -0.2) is 48.0 Å². The number of aryl methyl sites for hydroxylation is 1. The maximum absolute atomic E-state index is 15.4. The highest BCUT2D eigenvalue weighted by Gasteiger charge is 2.44. The van der Waals surface area contributed by atoms with Crippen LogP contribution in [0.5, 0.6) is 0 Å². The zero-order valence-electron chi connectivity index (χ0n) is 23.4. The Morgan fingerprint density at radius 3 is 2.49 bits per heavy atom. The first-order valence-electron chi connectivity index (χ1n) is 14.1. The molecule has 8 nitrogen and oxygen atoms in total. The van der Waals surface area contributed by atoms with Gasteiger partial charge in [0.15, 0.2) is 5.65 Å². The van der Waals surface area contributed by atoms with E-state index in [1.54, 1.807) is 48.7 Å². The van der Waals surface area contributed by atoms with Crippen molar-refractivity contribution in [2.75, 3.05) is 6.54 Å². The van der Waals surface area contributed by atoms with E-state index in [0.717, 1.165) is 11.1 Å². The molecule has 0 saturated heterocycles. The van der Waals surface area contributed by atoms with E-state index in [2.05, 4.69) is 15.1 Å². The van der Waals surface area contributed by atoms with Crippen LogP contribution < -0.4 is 0 Å². The van der Waals surface area contributed by atoms with Gasteiger partial charge in [-0.1, -0.05) is 36.4 Å². The summed E-state index contributed by atoms with van der Waals surface area (Å²) in [7, 11) is 0. The van der Waals surface area contributed by atoms with Gasteiger partial charge >= 0.3 is 5.97 Å². The summed E-state index contributed by atoms with van der Waals surface area (Å²) in [5.74, 6) is -2.54. The molecule has 216 valence electrons. The monoisotopic (exact) mass is 579 g/mol. The first-order valence-corrected chi connectivity index (χ1v) is 14.1. The number of halogens is 2. The fraction of sp³-hybridized carbons (Fsp3) is 0.242. The van der Waals surface area contributed by atoms with Crippen LogP contribution >= 0.6 is 0 Å². The van der Waals surface area contributed by atoms with Crippen molar-refractivity contribution in [3.05, 3.63) is 107 Å². The minimum Gasteiger partial charge on any atom is -0.481 e. The van der Waals surface area contributed by atoms with Crippen LogP contribution in [0.1, 0.15) is 64.2 Å². The van der Waals surface area contributed by atoms with Crippen LogP contribution in [0.4, 0.5) is 8.78 Å². The Kier molecular flexibility index (Phi) is 6.30. The summed E-state index contributed by atoms with van der Waals surface area (Å²) in [6, 6.07) is 18.4. The Hall–Kier alpha value is -4.99. The Morgan fingerprint density at radius 1 is 1.00 bits per heavy atom. The topological polar surface area (TPSA) is 101 Å². The molecule has 2 aromatic carbocycles. The highest BCUT2D eigenvalue weighted by atomic mass is 19.1. The molecule has 10 heteroatoms. The lowest BCUT2D eigenvalue weighted by Gasteiger charge is -2.36. The standard InChI is InChI=1S/C33H27F2N5O3/c1-17-7-10-27(36-15-17)30-13-29(32(41)39-16-26(35)21-6-4-3-5-20(21)18(39)2)37-31-14-28(38-40(30)31)22-9-8-19(11-25(22)34)23-12-24(23)33(42)43/h3-11,13-15,18,23-24,26H,12,16H2,1-2H3,(H,42,43)/t18-,23-,24+,26?/m1/s1. The van der Waals surface area contributed by atoms with Gasteiger partial charge in [0, 0.05) is 17.8 Å². The van der Waals surface area contributed by atoms with E-state index in [-0.39, 0.29) is 29.8 Å². The lowest BCUT2D eigenvalue weighted by atomic mass is 9.92. The summed E-state index contributed by atoms with van der Waals surface area (Å²) in [5.41, 5.74) is 4.84. The molecule has 7 rings (SSSR count). The number of rotatable bonds is 5. The summed E-state index contributed by atoms with van der Waals surface area (Å²) in [5, 5.41) is 13.9. The number of aromatic nitrogens is 4. The third-order valence-corrected chi connectivity index (χ3v) is 8.49. The molecule has 0 spiro atoms. The van der Waals surface area contributed by atoms with Crippen molar-refractivity contribution in [3.63, 3.8) is 0 Å². The number of carbonyl (C=O) groups is 2. The average molecular weight is 580 g/mol. The highest BCUT2D eigenvalue weighted by molar-refractivity contribution is 5.94. The number of carboxylic acids is 1. The summed E-state index contributed by atoms with van der Waals surface area (Å²) in [4.78, 5) is 35.8. The maximum Gasteiger partial charge on any atom is 0.307 e. The van der Waals surface area contributed by atoms with E-state index in [1.165, 1.54) is 15.5 Å². The van der Waals surface area contributed by atoms with Crippen molar-refractivity contribution >= 4 is 17.5 Å². The lowest BCUT2D eigenvalue weighted by molar-refractivity contribution is -0.138. The Morgan fingerprint density at radius 2 is 1.79 bits per heavy atom. The summed E-state index contributed by atoms with van der Waals surface area (Å²) in [6.45, 7) is 3.68. The predicted octanol–water partition coefficient (Wildman–Crippen LogP) is 6.32. The van der Waals surface area contributed by atoms with Gasteiger partial charge in [0.2, 0.25) is 0 Å². The number of aliphatic carboxylic acids is 1.